The van der Waals surface area contributed by atoms with Crippen LogP contribution in [0.1, 0.15) is 5.56 Å². The molecule has 3 aromatic rings. The number of sulfonamides is 1. The number of anilines is 1. The molecule has 0 radical (unpaired) electrons. The number of thiazole rings is 1. The van der Waals surface area contributed by atoms with Crippen molar-refractivity contribution >= 4 is 32.2 Å². The molecule has 2 aliphatic rings. The number of rotatable bonds is 6. The lowest BCUT2D eigenvalue weighted by Crippen LogP contribution is -2.59. The summed E-state index contributed by atoms with van der Waals surface area (Å²) >= 11 is 1.25. The molecule has 2 aliphatic heterocycles. The summed E-state index contributed by atoms with van der Waals surface area (Å²) in [6, 6.07) is 13.3. The van der Waals surface area contributed by atoms with Crippen LogP contribution in [0.25, 0.3) is 0 Å². The Morgan fingerprint density at radius 1 is 1.06 bits per heavy atom. The predicted octanol–water partition coefficient (Wildman–Crippen LogP) is 2.78. The van der Waals surface area contributed by atoms with E-state index >= 15 is 0 Å². The summed E-state index contributed by atoms with van der Waals surface area (Å²) in [4.78, 5) is 4.22. The summed E-state index contributed by atoms with van der Waals surface area (Å²) in [6.07, 6.45) is 1.57. The second-order valence-corrected chi connectivity index (χ2v) is 10.2. The largest absolute Gasteiger partial charge is 0.454 e. The van der Waals surface area contributed by atoms with Gasteiger partial charge in [-0.3, -0.25) is 9.21 Å². The Morgan fingerprint density at radius 3 is 2.58 bits per heavy atom. The van der Waals surface area contributed by atoms with Crippen LogP contribution in [0.2, 0.25) is 0 Å². The molecule has 2 N–H and O–H groups in total. The molecule has 0 aliphatic carbocycles. The molecule has 2 aromatic carbocycles. The molecule has 0 saturated carbocycles. The molecule has 10 heteroatoms. The van der Waals surface area contributed by atoms with Crippen LogP contribution in [0.15, 0.2) is 58.9 Å². The van der Waals surface area contributed by atoms with E-state index in [0.717, 1.165) is 60.0 Å². The normalized spacial score (nSPS) is 17.4. The minimum atomic E-state index is -3.67. The zero-order valence-corrected chi connectivity index (χ0v) is 18.4. The maximum Gasteiger partial charge on any atom is 0.263 e. The molecule has 0 amide bonds. The van der Waals surface area contributed by atoms with E-state index in [4.69, 9.17) is 9.47 Å². The summed E-state index contributed by atoms with van der Waals surface area (Å²) in [5.74, 6) is 1.55. The molecule has 1 aromatic heterocycles. The topological polar surface area (TPSA) is 89.6 Å². The van der Waals surface area contributed by atoms with E-state index in [1.807, 2.05) is 24.3 Å². The van der Waals surface area contributed by atoms with E-state index in [1.54, 1.807) is 23.7 Å². The second kappa shape index (κ2) is 8.12. The maximum atomic E-state index is 12.7. The van der Waals surface area contributed by atoms with Crippen LogP contribution in [-0.2, 0) is 16.6 Å². The third kappa shape index (κ3) is 4.11. The van der Waals surface area contributed by atoms with Gasteiger partial charge in [-0.25, -0.2) is 13.4 Å². The highest BCUT2D eigenvalue weighted by molar-refractivity contribution is 7.93. The fourth-order valence-corrected chi connectivity index (χ4v) is 5.90. The average Bonchev–Trinajstić information content (AvgIpc) is 3.46. The summed E-state index contributed by atoms with van der Waals surface area (Å²) in [5, 5.41) is 5.52. The van der Waals surface area contributed by atoms with Gasteiger partial charge in [0, 0.05) is 42.4 Å². The Balaban J connectivity index is 1.42. The highest BCUT2D eigenvalue weighted by Crippen LogP contribution is 2.35. The van der Waals surface area contributed by atoms with Gasteiger partial charge in [0.2, 0.25) is 6.79 Å². The maximum absolute atomic E-state index is 12.7. The van der Waals surface area contributed by atoms with Gasteiger partial charge in [-0.15, -0.1) is 11.3 Å². The molecular formula is C21H23N4O4S2+. The standard InChI is InChI=1S/C21H23N4O4S2/c26-31(27,24-21-23-9-12-30-21)18-4-2-17(3-5-18)25(10-7-22-8-11-25)14-16-1-6-19-20(13-16)29-15-28-19/h1-6,9,12-13,22H,7-8,10-11,14-15H2,(H,23,24)/q+1. The third-order valence-electron chi connectivity index (χ3n) is 5.70. The monoisotopic (exact) mass is 459 g/mol. The van der Waals surface area contributed by atoms with Gasteiger partial charge in [-0.2, -0.15) is 0 Å². The molecule has 0 unspecified atom stereocenters. The van der Waals surface area contributed by atoms with E-state index in [2.05, 4.69) is 21.1 Å². The molecule has 0 atom stereocenters. The smallest absolute Gasteiger partial charge is 0.263 e. The Hall–Kier alpha value is -2.66. The highest BCUT2D eigenvalue weighted by atomic mass is 32.2. The van der Waals surface area contributed by atoms with Gasteiger partial charge >= 0.3 is 0 Å². The highest BCUT2D eigenvalue weighted by Gasteiger charge is 2.33. The van der Waals surface area contributed by atoms with Crippen molar-refractivity contribution in [2.24, 2.45) is 0 Å². The Kier molecular flexibility index (Phi) is 5.30. The van der Waals surface area contributed by atoms with Gasteiger partial charge in [-0.05, 0) is 30.3 Å². The SMILES string of the molecule is O=S(=O)(Nc1nccs1)c1ccc([N+]2(Cc3ccc4c(c3)OCO4)CCNCC2)cc1. The van der Waals surface area contributed by atoms with E-state index in [-0.39, 0.29) is 11.7 Å². The number of nitrogens with zero attached hydrogens (tertiary/aromatic N) is 2. The first-order chi connectivity index (χ1) is 15.0. The van der Waals surface area contributed by atoms with Crippen molar-refractivity contribution < 1.29 is 17.9 Å². The molecule has 1 fully saturated rings. The number of aromatic nitrogens is 1. The average molecular weight is 460 g/mol. The van der Waals surface area contributed by atoms with Crippen molar-refractivity contribution in [1.29, 1.82) is 0 Å². The number of hydrogen-bond donors (Lipinski definition) is 2. The van der Waals surface area contributed by atoms with Gasteiger partial charge in [0.25, 0.3) is 10.0 Å². The van der Waals surface area contributed by atoms with Crippen LogP contribution in [0, 0.1) is 0 Å². The minimum absolute atomic E-state index is 0.225. The second-order valence-electron chi connectivity index (χ2n) is 7.62. The van der Waals surface area contributed by atoms with Crippen molar-refractivity contribution in [2.45, 2.75) is 11.4 Å². The van der Waals surface area contributed by atoms with Crippen molar-refractivity contribution in [2.75, 3.05) is 37.7 Å². The van der Waals surface area contributed by atoms with Crippen LogP contribution in [0.5, 0.6) is 11.5 Å². The van der Waals surface area contributed by atoms with E-state index in [9.17, 15) is 8.42 Å². The van der Waals surface area contributed by atoms with Crippen molar-refractivity contribution in [3.8, 4) is 11.5 Å². The van der Waals surface area contributed by atoms with Crippen molar-refractivity contribution in [3.05, 3.63) is 59.6 Å². The van der Waals surface area contributed by atoms with E-state index in [0.29, 0.717) is 5.13 Å². The summed E-state index contributed by atoms with van der Waals surface area (Å²) in [7, 11) is -3.67. The molecule has 8 nitrogen and oxygen atoms in total. The molecule has 31 heavy (non-hydrogen) atoms. The van der Waals surface area contributed by atoms with Gasteiger partial charge in [-0.1, -0.05) is 0 Å². The third-order valence-corrected chi connectivity index (χ3v) is 7.88. The van der Waals surface area contributed by atoms with Crippen LogP contribution in [0.3, 0.4) is 0 Å². The summed E-state index contributed by atoms with van der Waals surface area (Å²) in [6.45, 7) is 4.68. The number of benzene rings is 2. The number of fused-ring (bicyclic) bond motifs is 1. The predicted molar refractivity (Wildman–Crippen MR) is 120 cm³/mol. The van der Waals surface area contributed by atoms with Gasteiger partial charge < -0.3 is 14.8 Å². The van der Waals surface area contributed by atoms with E-state index < -0.39 is 10.0 Å². The van der Waals surface area contributed by atoms with E-state index in [1.165, 1.54) is 11.3 Å². The zero-order valence-electron chi connectivity index (χ0n) is 16.8. The molecule has 3 heterocycles. The van der Waals surface area contributed by atoms with Gasteiger partial charge in [0.1, 0.15) is 12.2 Å². The quantitative estimate of drug-likeness (QED) is 0.551. The number of nitrogens with one attached hydrogen (secondary N) is 2. The number of hydrogen-bond acceptors (Lipinski definition) is 7. The first-order valence-electron chi connectivity index (χ1n) is 10.0. The lowest BCUT2D eigenvalue weighted by molar-refractivity contribution is 0.174. The molecule has 0 spiro atoms. The number of quaternary nitrogens is 1. The van der Waals surface area contributed by atoms with Crippen molar-refractivity contribution in [1.82, 2.24) is 14.8 Å². The molecular weight excluding hydrogens is 436 g/mol. The van der Waals surface area contributed by atoms with Crippen LogP contribution < -0.4 is 24.0 Å². The van der Waals surface area contributed by atoms with Gasteiger partial charge in [0.15, 0.2) is 16.6 Å². The lowest BCUT2D eigenvalue weighted by atomic mass is 10.1. The fraction of sp³-hybridized carbons (Fsp3) is 0.286. The first kappa shape index (κ1) is 20.3. The zero-order chi connectivity index (χ0) is 21.3. The van der Waals surface area contributed by atoms with Crippen LogP contribution in [0.4, 0.5) is 10.8 Å². The van der Waals surface area contributed by atoms with Crippen molar-refractivity contribution in [3.63, 3.8) is 0 Å². The summed E-state index contributed by atoms with van der Waals surface area (Å²) < 4.78 is 39.6. The lowest BCUT2D eigenvalue weighted by Gasteiger charge is -2.41. The van der Waals surface area contributed by atoms with Gasteiger partial charge in [0.05, 0.1) is 18.0 Å². The summed E-state index contributed by atoms with van der Waals surface area (Å²) in [5.41, 5.74) is 2.25. The molecule has 5 rings (SSSR count). The Bertz CT molecular complexity index is 1160. The van der Waals surface area contributed by atoms with Crippen LogP contribution in [-0.4, -0.2) is 46.4 Å². The van der Waals surface area contributed by atoms with Crippen LogP contribution >= 0.6 is 11.3 Å². The first-order valence-corrected chi connectivity index (χ1v) is 12.4. The Labute approximate surface area is 185 Å². The minimum Gasteiger partial charge on any atom is -0.454 e. The number of ether oxygens (including phenoxy) is 2. The Morgan fingerprint density at radius 2 is 1.84 bits per heavy atom. The molecule has 162 valence electrons. The number of piperazine rings is 1. The fourth-order valence-electron chi connectivity index (χ4n) is 4.11. The molecule has 1 saturated heterocycles. The molecule has 0 bridgehead atoms.